The maximum atomic E-state index is 11.2. The second kappa shape index (κ2) is 4.91. The molecule has 0 radical (unpaired) electrons. The smallest absolute Gasteiger partial charge is 0.296 e. The first-order chi connectivity index (χ1) is 7.19. The molecule has 0 bridgehead atoms. The lowest BCUT2D eigenvalue weighted by atomic mass is 10.4. The molecule has 0 unspecified atom stereocenters. The summed E-state index contributed by atoms with van der Waals surface area (Å²) in [7, 11) is 0. The molecule has 1 heterocycles. The van der Waals surface area contributed by atoms with E-state index < -0.39 is 11.7 Å². The number of Topliss-reactive ketones (excluding diaryl/α,β-unsaturated/α-hetero) is 1. The number of hydrogen-bond acceptors (Lipinski definition) is 4. The summed E-state index contributed by atoms with van der Waals surface area (Å²) in [5, 5.41) is 2.51. The van der Waals surface area contributed by atoms with Crippen LogP contribution < -0.4 is 5.32 Å². The molecule has 15 heavy (non-hydrogen) atoms. The molecular weight excluding hydrogens is 198 g/mol. The molecule has 6 nitrogen and oxygen atoms in total. The van der Waals surface area contributed by atoms with Gasteiger partial charge in [-0.3, -0.25) is 9.59 Å². The zero-order chi connectivity index (χ0) is 11.3. The number of oxazole rings is 1. The molecule has 0 fully saturated rings. The molecule has 0 atom stereocenters. The molecule has 0 saturated heterocycles. The van der Waals surface area contributed by atoms with E-state index in [0.29, 0.717) is 6.54 Å². The van der Waals surface area contributed by atoms with Crippen molar-refractivity contribution in [2.24, 2.45) is 0 Å². The van der Waals surface area contributed by atoms with Crippen LogP contribution in [0.15, 0.2) is 10.7 Å². The number of ketones is 1. The molecule has 78 valence electrons. The van der Waals surface area contributed by atoms with Gasteiger partial charge in [0.05, 0.1) is 0 Å². The molecule has 0 aliphatic carbocycles. The molecule has 6 heteroatoms. The van der Waals surface area contributed by atoms with Crippen LogP contribution in [-0.4, -0.2) is 29.8 Å². The second-order valence-corrected chi connectivity index (χ2v) is 2.64. The first kappa shape index (κ1) is 10.9. The highest BCUT2D eigenvalue weighted by molar-refractivity contribution is 5.97. The van der Waals surface area contributed by atoms with Gasteiger partial charge in [0.25, 0.3) is 24.1 Å². The number of nitrogens with zero attached hydrogens (tertiary/aromatic N) is 2. The zero-order valence-corrected chi connectivity index (χ0v) is 8.11. The molecular formula is C9H9N3O3. The number of carbonyl (C=O) groups is 2. The van der Waals surface area contributed by atoms with Gasteiger partial charge < -0.3 is 14.6 Å². The van der Waals surface area contributed by atoms with Gasteiger partial charge in [0.1, 0.15) is 6.26 Å². The van der Waals surface area contributed by atoms with Crippen LogP contribution in [0, 0.1) is 6.57 Å². The first-order valence-electron chi connectivity index (χ1n) is 4.29. The van der Waals surface area contributed by atoms with Crippen molar-refractivity contribution in [1.82, 2.24) is 10.3 Å². The third kappa shape index (κ3) is 2.64. The summed E-state index contributed by atoms with van der Waals surface area (Å²) in [6.45, 7) is 8.41. The Morgan fingerprint density at radius 3 is 3.00 bits per heavy atom. The van der Waals surface area contributed by atoms with Gasteiger partial charge in [-0.05, 0) is 6.92 Å². The molecule has 1 aromatic rings. The van der Waals surface area contributed by atoms with Gasteiger partial charge in [-0.25, -0.2) is 11.6 Å². The van der Waals surface area contributed by atoms with Crippen molar-refractivity contribution in [1.29, 1.82) is 0 Å². The highest BCUT2D eigenvalue weighted by Gasteiger charge is 2.18. The predicted octanol–water partition coefficient (Wildman–Crippen LogP) is 0.526. The number of nitrogens with one attached hydrogen (secondary N) is 1. The molecule has 0 aliphatic heterocycles. The summed E-state index contributed by atoms with van der Waals surface area (Å²) in [6, 6.07) is 0. The average molecular weight is 207 g/mol. The lowest BCUT2D eigenvalue weighted by Crippen LogP contribution is -2.23. The Labute approximate surface area is 86.1 Å². The van der Waals surface area contributed by atoms with E-state index in [1.165, 1.54) is 0 Å². The van der Waals surface area contributed by atoms with E-state index in [-0.39, 0.29) is 18.1 Å². The second-order valence-electron chi connectivity index (χ2n) is 2.64. The van der Waals surface area contributed by atoms with E-state index in [1.54, 1.807) is 6.92 Å². The van der Waals surface area contributed by atoms with Crippen LogP contribution in [-0.2, 0) is 0 Å². The van der Waals surface area contributed by atoms with Crippen molar-refractivity contribution in [2.75, 3.05) is 13.1 Å². The largest absolute Gasteiger partial charge is 0.441 e. The lowest BCUT2D eigenvalue weighted by Gasteiger charge is -1.94. The number of hydrogen-bond donors (Lipinski definition) is 1. The van der Waals surface area contributed by atoms with Crippen LogP contribution in [0.2, 0.25) is 0 Å². The zero-order valence-electron chi connectivity index (χ0n) is 8.11. The molecule has 1 aromatic heterocycles. The van der Waals surface area contributed by atoms with Crippen LogP contribution in [0.5, 0.6) is 0 Å². The van der Waals surface area contributed by atoms with Crippen molar-refractivity contribution in [2.45, 2.75) is 6.92 Å². The number of amides is 1. The standard InChI is InChI=1S/C9H9N3O3/c1-3-11-8(14)6-5-15-9(12-6)7(13)4-10-2/h5H,3-4H2,1H3,(H,11,14). The molecule has 0 spiro atoms. The van der Waals surface area contributed by atoms with Gasteiger partial charge in [0.2, 0.25) is 0 Å². The molecule has 0 aliphatic rings. The van der Waals surface area contributed by atoms with Gasteiger partial charge in [-0.1, -0.05) is 0 Å². The summed E-state index contributed by atoms with van der Waals surface area (Å²) in [5.74, 6) is -1.13. The van der Waals surface area contributed by atoms with Crippen molar-refractivity contribution in [3.05, 3.63) is 29.3 Å². The van der Waals surface area contributed by atoms with E-state index in [9.17, 15) is 9.59 Å². The number of carbonyl (C=O) groups excluding carboxylic acids is 2. The Morgan fingerprint density at radius 1 is 1.67 bits per heavy atom. The molecule has 1 amide bonds. The monoisotopic (exact) mass is 207 g/mol. The molecule has 1 N–H and O–H groups in total. The Balaban J connectivity index is 2.77. The highest BCUT2D eigenvalue weighted by Crippen LogP contribution is 2.03. The van der Waals surface area contributed by atoms with Crippen molar-refractivity contribution < 1.29 is 14.0 Å². The minimum absolute atomic E-state index is 0.0465. The summed E-state index contributed by atoms with van der Waals surface area (Å²) >= 11 is 0. The van der Waals surface area contributed by atoms with Crippen LogP contribution in [0.3, 0.4) is 0 Å². The van der Waals surface area contributed by atoms with Crippen LogP contribution in [0.1, 0.15) is 28.1 Å². The number of rotatable bonds is 4. The SMILES string of the molecule is [C-]#[N+]CC(=O)c1nc(C(=O)NCC)co1. The van der Waals surface area contributed by atoms with Crippen molar-refractivity contribution >= 4 is 11.7 Å². The van der Waals surface area contributed by atoms with E-state index in [4.69, 9.17) is 11.0 Å². The molecule has 0 saturated carbocycles. The maximum Gasteiger partial charge on any atom is 0.296 e. The number of aromatic nitrogens is 1. The Bertz CT molecular complexity index is 416. The Kier molecular flexibility index (Phi) is 3.57. The first-order valence-corrected chi connectivity index (χ1v) is 4.29. The van der Waals surface area contributed by atoms with Crippen LogP contribution >= 0.6 is 0 Å². The fourth-order valence-corrected chi connectivity index (χ4v) is 0.897. The van der Waals surface area contributed by atoms with Crippen LogP contribution in [0.25, 0.3) is 4.85 Å². The average Bonchev–Trinajstić information content (AvgIpc) is 2.67. The predicted molar refractivity (Wildman–Crippen MR) is 50.3 cm³/mol. The van der Waals surface area contributed by atoms with E-state index in [2.05, 4.69) is 15.1 Å². The lowest BCUT2D eigenvalue weighted by molar-refractivity contribution is 0.0950. The summed E-state index contributed by atoms with van der Waals surface area (Å²) in [6.07, 6.45) is 1.10. The van der Waals surface area contributed by atoms with E-state index in [1.807, 2.05) is 0 Å². The highest BCUT2D eigenvalue weighted by atomic mass is 16.3. The fourth-order valence-electron chi connectivity index (χ4n) is 0.897. The Morgan fingerprint density at radius 2 is 2.40 bits per heavy atom. The minimum atomic E-state index is -0.527. The molecule has 0 aromatic carbocycles. The third-order valence-corrected chi connectivity index (χ3v) is 1.54. The van der Waals surface area contributed by atoms with Gasteiger partial charge in [-0.15, -0.1) is 0 Å². The summed E-state index contributed by atoms with van der Waals surface area (Å²) in [5.41, 5.74) is 0.0465. The van der Waals surface area contributed by atoms with Crippen molar-refractivity contribution in [3.63, 3.8) is 0 Å². The maximum absolute atomic E-state index is 11.2. The molecule has 1 rings (SSSR count). The fraction of sp³-hybridized carbons (Fsp3) is 0.333. The normalized spacial score (nSPS) is 9.33. The quantitative estimate of drug-likeness (QED) is 0.577. The summed E-state index contributed by atoms with van der Waals surface area (Å²) in [4.78, 5) is 28.9. The van der Waals surface area contributed by atoms with Gasteiger partial charge in [0.15, 0.2) is 5.69 Å². The van der Waals surface area contributed by atoms with Gasteiger partial charge >= 0.3 is 0 Å². The minimum Gasteiger partial charge on any atom is -0.441 e. The van der Waals surface area contributed by atoms with Crippen molar-refractivity contribution in [3.8, 4) is 0 Å². The Hall–Kier alpha value is -2.16. The third-order valence-electron chi connectivity index (χ3n) is 1.54. The summed E-state index contributed by atoms with van der Waals surface area (Å²) < 4.78 is 4.78. The van der Waals surface area contributed by atoms with Crippen LogP contribution in [0.4, 0.5) is 0 Å². The van der Waals surface area contributed by atoms with E-state index >= 15 is 0 Å². The van der Waals surface area contributed by atoms with Gasteiger partial charge in [-0.2, -0.15) is 0 Å². The topological polar surface area (TPSA) is 76.6 Å². The van der Waals surface area contributed by atoms with E-state index in [0.717, 1.165) is 6.26 Å². The van der Waals surface area contributed by atoms with Gasteiger partial charge in [0, 0.05) is 6.54 Å².